The number of carbonyl (C=O) groups excluding carboxylic acids is 1. The first-order valence-electron chi connectivity index (χ1n) is 6.36. The predicted octanol–water partition coefficient (Wildman–Crippen LogP) is 2.77. The fourth-order valence-corrected chi connectivity index (χ4v) is 4.12. The van der Waals surface area contributed by atoms with Crippen molar-refractivity contribution in [1.29, 1.82) is 0 Å². The van der Waals surface area contributed by atoms with Crippen LogP contribution in [-0.4, -0.2) is 29.9 Å². The summed E-state index contributed by atoms with van der Waals surface area (Å²) in [6.45, 7) is 1.45. The van der Waals surface area contributed by atoms with Crippen LogP contribution in [0, 0.1) is 0 Å². The van der Waals surface area contributed by atoms with Gasteiger partial charge >= 0.3 is 0 Å². The van der Waals surface area contributed by atoms with Gasteiger partial charge in [0.15, 0.2) is 0 Å². The van der Waals surface area contributed by atoms with Crippen LogP contribution in [0.15, 0.2) is 35.0 Å². The highest BCUT2D eigenvalue weighted by Gasteiger charge is 2.30. The Hall–Kier alpha value is -1.17. The maximum absolute atomic E-state index is 12.4. The fraction of sp³-hybridized carbons (Fsp3) is 0.357. The average molecular weight is 292 g/mol. The normalized spacial score (nSPS) is 23.5. The molecule has 19 heavy (non-hydrogen) atoms. The van der Waals surface area contributed by atoms with Crippen molar-refractivity contribution in [3.8, 4) is 0 Å². The molecule has 2 N–H and O–H groups in total. The van der Waals surface area contributed by atoms with Gasteiger partial charge < -0.3 is 10.6 Å². The number of carbonyl (C=O) groups is 1. The fourth-order valence-electron chi connectivity index (χ4n) is 2.59. The number of nitrogens with two attached hydrogens (primary N) is 1. The number of thiophene rings is 2. The molecule has 1 aliphatic rings. The van der Waals surface area contributed by atoms with Crippen molar-refractivity contribution in [2.75, 3.05) is 13.1 Å². The number of rotatable bonds is 2. The molecule has 3 heterocycles. The van der Waals surface area contributed by atoms with Crippen molar-refractivity contribution >= 4 is 28.6 Å². The van der Waals surface area contributed by atoms with E-state index < -0.39 is 0 Å². The van der Waals surface area contributed by atoms with Crippen LogP contribution in [-0.2, 0) is 0 Å². The second-order valence-electron chi connectivity index (χ2n) is 4.90. The van der Waals surface area contributed by atoms with Crippen LogP contribution in [0.5, 0.6) is 0 Å². The molecule has 0 spiro atoms. The molecule has 1 aliphatic heterocycles. The molecular formula is C14H16N2OS2. The molecule has 3 nitrogen and oxygen atoms in total. The molecule has 0 radical (unpaired) electrons. The number of piperidine rings is 1. The third kappa shape index (κ3) is 2.73. The van der Waals surface area contributed by atoms with Gasteiger partial charge in [-0.2, -0.15) is 0 Å². The highest BCUT2D eigenvalue weighted by Crippen LogP contribution is 2.30. The number of nitrogens with zero attached hydrogens (tertiary/aromatic N) is 1. The second kappa shape index (κ2) is 5.45. The van der Waals surface area contributed by atoms with Crippen molar-refractivity contribution in [1.82, 2.24) is 4.90 Å². The minimum atomic E-state index is 0.0739. The predicted molar refractivity (Wildman–Crippen MR) is 79.9 cm³/mol. The summed E-state index contributed by atoms with van der Waals surface area (Å²) in [5.74, 6) is 0.499. The Morgan fingerprint density at radius 1 is 1.21 bits per heavy atom. The van der Waals surface area contributed by atoms with Crippen LogP contribution < -0.4 is 5.73 Å². The van der Waals surface area contributed by atoms with Gasteiger partial charge in [-0.1, -0.05) is 12.1 Å². The quantitative estimate of drug-likeness (QED) is 0.925. The first-order chi connectivity index (χ1) is 9.24. The van der Waals surface area contributed by atoms with Crippen LogP contribution >= 0.6 is 22.7 Å². The Labute approximate surface area is 120 Å². The van der Waals surface area contributed by atoms with E-state index >= 15 is 0 Å². The summed E-state index contributed by atoms with van der Waals surface area (Å²) in [6, 6.07) is 8.07. The van der Waals surface area contributed by atoms with E-state index in [1.165, 1.54) is 16.2 Å². The van der Waals surface area contributed by atoms with Crippen LogP contribution in [0.2, 0.25) is 0 Å². The molecule has 2 aromatic rings. The Balaban J connectivity index is 1.77. The van der Waals surface area contributed by atoms with E-state index in [9.17, 15) is 4.79 Å². The van der Waals surface area contributed by atoms with Gasteiger partial charge in [-0.25, -0.2) is 0 Å². The van der Waals surface area contributed by atoms with E-state index in [0.717, 1.165) is 17.8 Å². The molecule has 1 amide bonds. The largest absolute Gasteiger partial charge is 0.336 e. The Kier molecular flexibility index (Phi) is 3.68. The Morgan fingerprint density at radius 3 is 2.68 bits per heavy atom. The average Bonchev–Trinajstić information content (AvgIpc) is 3.10. The van der Waals surface area contributed by atoms with Gasteiger partial charge in [0.25, 0.3) is 5.91 Å². The lowest BCUT2D eigenvalue weighted by atomic mass is 9.93. The van der Waals surface area contributed by atoms with Gasteiger partial charge in [-0.05, 0) is 29.3 Å². The van der Waals surface area contributed by atoms with Crippen LogP contribution in [0.4, 0.5) is 0 Å². The molecule has 0 aliphatic carbocycles. The maximum atomic E-state index is 12.4. The molecule has 0 saturated carbocycles. The summed E-state index contributed by atoms with van der Waals surface area (Å²) < 4.78 is 0. The van der Waals surface area contributed by atoms with Crippen molar-refractivity contribution in [2.45, 2.75) is 18.4 Å². The van der Waals surface area contributed by atoms with Crippen LogP contribution in [0.1, 0.15) is 26.9 Å². The molecule has 0 bridgehead atoms. The Morgan fingerprint density at radius 2 is 2.00 bits per heavy atom. The minimum Gasteiger partial charge on any atom is -0.336 e. The number of amides is 1. The summed E-state index contributed by atoms with van der Waals surface area (Å²) in [7, 11) is 0. The van der Waals surface area contributed by atoms with E-state index in [2.05, 4.69) is 17.5 Å². The molecule has 1 saturated heterocycles. The molecule has 2 unspecified atom stereocenters. The molecule has 2 atom stereocenters. The third-order valence-corrected chi connectivity index (χ3v) is 5.34. The lowest BCUT2D eigenvalue weighted by molar-refractivity contribution is 0.0695. The summed E-state index contributed by atoms with van der Waals surface area (Å²) in [6.07, 6.45) is 0.967. The SMILES string of the molecule is NC1CC(c2cccs2)CN(C(=O)c2cccs2)C1. The van der Waals surface area contributed by atoms with E-state index in [0.29, 0.717) is 12.5 Å². The highest BCUT2D eigenvalue weighted by molar-refractivity contribution is 7.12. The van der Waals surface area contributed by atoms with Gasteiger partial charge in [-0.3, -0.25) is 4.79 Å². The lowest BCUT2D eigenvalue weighted by Crippen LogP contribution is -2.48. The summed E-state index contributed by atoms with van der Waals surface area (Å²) >= 11 is 3.25. The highest BCUT2D eigenvalue weighted by atomic mass is 32.1. The maximum Gasteiger partial charge on any atom is 0.263 e. The van der Waals surface area contributed by atoms with E-state index in [4.69, 9.17) is 5.73 Å². The van der Waals surface area contributed by atoms with E-state index in [-0.39, 0.29) is 11.9 Å². The first kappa shape index (κ1) is 12.8. The molecule has 1 fully saturated rings. The minimum absolute atomic E-state index is 0.0739. The summed E-state index contributed by atoms with van der Waals surface area (Å²) in [4.78, 5) is 16.5. The standard InChI is InChI=1S/C14H16N2OS2/c15-11-7-10(12-3-1-5-18-12)8-16(9-11)14(17)13-4-2-6-19-13/h1-6,10-11H,7-9,15H2. The zero-order chi connectivity index (χ0) is 13.2. The van der Waals surface area contributed by atoms with Crippen molar-refractivity contribution in [3.63, 3.8) is 0 Å². The van der Waals surface area contributed by atoms with Gasteiger partial charge in [0.2, 0.25) is 0 Å². The summed E-state index contributed by atoms with van der Waals surface area (Å²) in [5, 5.41) is 4.02. The molecule has 0 aromatic carbocycles. The van der Waals surface area contributed by atoms with Crippen molar-refractivity contribution < 1.29 is 4.79 Å². The zero-order valence-corrected chi connectivity index (χ0v) is 12.1. The molecule has 100 valence electrons. The topological polar surface area (TPSA) is 46.3 Å². The molecular weight excluding hydrogens is 276 g/mol. The third-order valence-electron chi connectivity index (χ3n) is 3.45. The first-order valence-corrected chi connectivity index (χ1v) is 8.11. The van der Waals surface area contributed by atoms with Crippen molar-refractivity contribution in [2.24, 2.45) is 5.73 Å². The van der Waals surface area contributed by atoms with Gasteiger partial charge in [0, 0.05) is 29.9 Å². The van der Waals surface area contributed by atoms with Gasteiger partial charge in [0.05, 0.1) is 4.88 Å². The van der Waals surface area contributed by atoms with Crippen molar-refractivity contribution in [3.05, 3.63) is 44.8 Å². The molecule has 2 aromatic heterocycles. The number of hydrogen-bond acceptors (Lipinski definition) is 4. The van der Waals surface area contributed by atoms with Crippen LogP contribution in [0.25, 0.3) is 0 Å². The van der Waals surface area contributed by atoms with E-state index in [1.807, 2.05) is 22.4 Å². The summed E-state index contributed by atoms with van der Waals surface area (Å²) in [5.41, 5.74) is 6.13. The van der Waals surface area contributed by atoms with Gasteiger partial charge in [-0.15, -0.1) is 22.7 Å². The Bertz CT molecular complexity index is 536. The number of hydrogen-bond donors (Lipinski definition) is 1. The smallest absolute Gasteiger partial charge is 0.263 e. The van der Waals surface area contributed by atoms with Gasteiger partial charge in [0.1, 0.15) is 0 Å². The second-order valence-corrected chi connectivity index (χ2v) is 6.82. The zero-order valence-electron chi connectivity index (χ0n) is 10.5. The number of likely N-dealkylation sites (tertiary alicyclic amines) is 1. The molecule has 5 heteroatoms. The van der Waals surface area contributed by atoms with Crippen LogP contribution in [0.3, 0.4) is 0 Å². The monoisotopic (exact) mass is 292 g/mol. The molecule has 3 rings (SSSR count). The van der Waals surface area contributed by atoms with E-state index in [1.54, 1.807) is 11.3 Å². The lowest BCUT2D eigenvalue weighted by Gasteiger charge is -2.35.